The number of hydrogen-bond acceptors (Lipinski definition) is 6. The standard InChI is InChI=1S/C18H20N4O4/c1-4-26-11-17(23)20-13-9-12(5-6-15(13)24-2)14-10-22-16(19-14)7-8-18(21-22)25-3/h5-10H,4,11H2,1-3H3,(H,20,23). The van der Waals surface area contributed by atoms with E-state index in [-0.39, 0.29) is 12.5 Å². The lowest BCUT2D eigenvalue weighted by atomic mass is 10.1. The van der Waals surface area contributed by atoms with E-state index in [2.05, 4.69) is 15.4 Å². The van der Waals surface area contributed by atoms with Gasteiger partial charge in [0.05, 0.1) is 31.8 Å². The van der Waals surface area contributed by atoms with Gasteiger partial charge >= 0.3 is 0 Å². The van der Waals surface area contributed by atoms with Crippen LogP contribution in [0.5, 0.6) is 11.6 Å². The number of fused-ring (bicyclic) bond motifs is 1. The van der Waals surface area contributed by atoms with E-state index in [9.17, 15) is 4.79 Å². The van der Waals surface area contributed by atoms with Crippen LogP contribution in [-0.2, 0) is 9.53 Å². The molecule has 0 atom stereocenters. The van der Waals surface area contributed by atoms with Crippen LogP contribution in [-0.4, -0.2) is 47.9 Å². The Morgan fingerprint density at radius 2 is 2.04 bits per heavy atom. The summed E-state index contributed by atoms with van der Waals surface area (Å²) >= 11 is 0. The number of rotatable bonds is 7. The SMILES string of the molecule is CCOCC(=O)Nc1cc(-c2cn3nc(OC)ccc3n2)ccc1OC. The molecule has 0 saturated carbocycles. The first-order valence-electron chi connectivity index (χ1n) is 8.11. The first-order valence-corrected chi connectivity index (χ1v) is 8.11. The van der Waals surface area contributed by atoms with Crippen molar-refractivity contribution in [2.45, 2.75) is 6.92 Å². The van der Waals surface area contributed by atoms with Crippen molar-refractivity contribution in [3.05, 3.63) is 36.5 Å². The number of nitrogens with one attached hydrogen (secondary N) is 1. The van der Waals surface area contributed by atoms with Crippen LogP contribution in [0.4, 0.5) is 5.69 Å². The highest BCUT2D eigenvalue weighted by Crippen LogP contribution is 2.30. The number of carbonyl (C=O) groups excluding carboxylic acids is 1. The molecule has 0 aliphatic carbocycles. The zero-order valence-corrected chi connectivity index (χ0v) is 14.9. The Hall–Kier alpha value is -3.13. The van der Waals surface area contributed by atoms with Gasteiger partial charge in [-0.05, 0) is 31.2 Å². The first-order chi connectivity index (χ1) is 12.6. The highest BCUT2D eigenvalue weighted by Gasteiger charge is 2.12. The zero-order chi connectivity index (χ0) is 18.5. The van der Waals surface area contributed by atoms with E-state index in [4.69, 9.17) is 14.2 Å². The molecule has 0 bridgehead atoms. The maximum absolute atomic E-state index is 12.0. The summed E-state index contributed by atoms with van der Waals surface area (Å²) in [6.45, 7) is 2.30. The van der Waals surface area contributed by atoms with Crippen LogP contribution < -0.4 is 14.8 Å². The fraction of sp³-hybridized carbons (Fsp3) is 0.278. The molecule has 0 aliphatic rings. The lowest BCUT2D eigenvalue weighted by Gasteiger charge is -2.11. The van der Waals surface area contributed by atoms with Gasteiger partial charge in [0.2, 0.25) is 11.8 Å². The van der Waals surface area contributed by atoms with E-state index < -0.39 is 0 Å². The summed E-state index contributed by atoms with van der Waals surface area (Å²) < 4.78 is 17.2. The molecule has 1 amide bonds. The number of amides is 1. The van der Waals surface area contributed by atoms with Gasteiger partial charge in [0.1, 0.15) is 12.4 Å². The summed E-state index contributed by atoms with van der Waals surface area (Å²) in [4.78, 5) is 16.5. The van der Waals surface area contributed by atoms with Gasteiger partial charge in [-0.2, -0.15) is 0 Å². The van der Waals surface area contributed by atoms with Crippen molar-refractivity contribution >= 4 is 17.2 Å². The Labute approximate surface area is 150 Å². The molecule has 0 unspecified atom stereocenters. The first kappa shape index (κ1) is 17.7. The molecule has 3 aromatic rings. The Morgan fingerprint density at radius 1 is 1.19 bits per heavy atom. The van der Waals surface area contributed by atoms with E-state index in [1.54, 1.807) is 37.1 Å². The van der Waals surface area contributed by atoms with Crippen molar-refractivity contribution in [3.8, 4) is 22.9 Å². The van der Waals surface area contributed by atoms with Gasteiger partial charge in [-0.1, -0.05) is 0 Å². The smallest absolute Gasteiger partial charge is 0.250 e. The van der Waals surface area contributed by atoms with Gasteiger partial charge in [-0.15, -0.1) is 5.10 Å². The Morgan fingerprint density at radius 3 is 2.77 bits per heavy atom. The van der Waals surface area contributed by atoms with E-state index >= 15 is 0 Å². The number of anilines is 1. The summed E-state index contributed by atoms with van der Waals surface area (Å²) in [7, 11) is 3.11. The number of methoxy groups -OCH3 is 2. The maximum atomic E-state index is 12.0. The van der Waals surface area contributed by atoms with E-state index in [1.807, 2.05) is 25.1 Å². The molecule has 0 spiro atoms. The second-order valence-corrected chi connectivity index (χ2v) is 5.40. The van der Waals surface area contributed by atoms with Gasteiger partial charge < -0.3 is 19.5 Å². The predicted molar refractivity (Wildman–Crippen MR) is 96.6 cm³/mol. The molecular weight excluding hydrogens is 336 g/mol. The molecule has 0 fully saturated rings. The number of nitrogens with zero attached hydrogens (tertiary/aromatic N) is 3. The number of ether oxygens (including phenoxy) is 3. The maximum Gasteiger partial charge on any atom is 0.250 e. The lowest BCUT2D eigenvalue weighted by Crippen LogP contribution is -2.18. The summed E-state index contributed by atoms with van der Waals surface area (Å²) in [6.07, 6.45) is 1.80. The minimum absolute atomic E-state index is 0.0119. The third-order valence-corrected chi connectivity index (χ3v) is 3.71. The quantitative estimate of drug-likeness (QED) is 0.699. The van der Waals surface area contributed by atoms with Crippen LogP contribution in [0.3, 0.4) is 0 Å². The van der Waals surface area contributed by atoms with Crippen LogP contribution in [0, 0.1) is 0 Å². The molecule has 3 rings (SSSR count). The van der Waals surface area contributed by atoms with Crippen molar-refractivity contribution in [2.75, 3.05) is 32.8 Å². The van der Waals surface area contributed by atoms with E-state index in [1.165, 1.54) is 0 Å². The fourth-order valence-electron chi connectivity index (χ4n) is 2.46. The minimum Gasteiger partial charge on any atom is -0.495 e. The zero-order valence-electron chi connectivity index (χ0n) is 14.9. The van der Waals surface area contributed by atoms with Crippen molar-refractivity contribution in [1.82, 2.24) is 14.6 Å². The fourth-order valence-corrected chi connectivity index (χ4v) is 2.46. The average molecular weight is 356 g/mol. The Kier molecular flexibility index (Phi) is 5.33. The minimum atomic E-state index is -0.247. The molecule has 8 heteroatoms. The normalized spacial score (nSPS) is 10.7. The third-order valence-electron chi connectivity index (χ3n) is 3.71. The summed E-state index contributed by atoms with van der Waals surface area (Å²) in [5.74, 6) is 0.811. The largest absolute Gasteiger partial charge is 0.495 e. The molecule has 1 aromatic carbocycles. The van der Waals surface area contributed by atoms with Crippen molar-refractivity contribution in [3.63, 3.8) is 0 Å². The van der Waals surface area contributed by atoms with Crippen molar-refractivity contribution in [1.29, 1.82) is 0 Å². The number of aromatic nitrogens is 3. The topological polar surface area (TPSA) is 87.0 Å². The molecule has 0 aliphatic heterocycles. The van der Waals surface area contributed by atoms with Gasteiger partial charge in [0.25, 0.3) is 0 Å². The molecule has 0 saturated heterocycles. The third kappa shape index (κ3) is 3.75. The number of benzene rings is 1. The Balaban J connectivity index is 1.92. The highest BCUT2D eigenvalue weighted by atomic mass is 16.5. The molecule has 2 aromatic heterocycles. The van der Waals surface area contributed by atoms with Gasteiger partial charge in [0.15, 0.2) is 5.65 Å². The second-order valence-electron chi connectivity index (χ2n) is 5.40. The number of carbonyl (C=O) groups is 1. The van der Waals surface area contributed by atoms with Gasteiger partial charge in [-0.25, -0.2) is 9.50 Å². The number of hydrogen-bond donors (Lipinski definition) is 1. The molecule has 0 radical (unpaired) electrons. The average Bonchev–Trinajstić information content (AvgIpc) is 3.09. The Bertz CT molecular complexity index is 923. The van der Waals surface area contributed by atoms with Gasteiger partial charge in [-0.3, -0.25) is 4.79 Å². The van der Waals surface area contributed by atoms with Crippen LogP contribution in [0.2, 0.25) is 0 Å². The molecule has 136 valence electrons. The molecule has 1 N–H and O–H groups in total. The van der Waals surface area contributed by atoms with Gasteiger partial charge in [0, 0.05) is 18.2 Å². The second kappa shape index (κ2) is 7.83. The van der Waals surface area contributed by atoms with E-state index in [0.717, 1.165) is 5.56 Å². The molecule has 8 nitrogen and oxygen atoms in total. The van der Waals surface area contributed by atoms with E-state index in [0.29, 0.717) is 35.3 Å². The molecule has 2 heterocycles. The highest BCUT2D eigenvalue weighted by molar-refractivity contribution is 5.94. The van der Waals surface area contributed by atoms with Crippen molar-refractivity contribution in [2.24, 2.45) is 0 Å². The summed E-state index contributed by atoms with van der Waals surface area (Å²) in [5, 5.41) is 7.10. The summed E-state index contributed by atoms with van der Waals surface area (Å²) in [5.41, 5.74) is 2.78. The molecular formula is C18H20N4O4. The summed E-state index contributed by atoms with van der Waals surface area (Å²) in [6, 6.07) is 9.03. The van der Waals surface area contributed by atoms with Crippen LogP contribution >= 0.6 is 0 Å². The lowest BCUT2D eigenvalue weighted by molar-refractivity contribution is -0.120. The predicted octanol–water partition coefficient (Wildman–Crippen LogP) is 2.39. The number of imidazole rings is 1. The molecule has 26 heavy (non-hydrogen) atoms. The van der Waals surface area contributed by atoms with Crippen LogP contribution in [0.1, 0.15) is 6.92 Å². The van der Waals surface area contributed by atoms with Crippen LogP contribution in [0.15, 0.2) is 36.5 Å². The monoisotopic (exact) mass is 356 g/mol. The van der Waals surface area contributed by atoms with Crippen molar-refractivity contribution < 1.29 is 19.0 Å². The van der Waals surface area contributed by atoms with Crippen LogP contribution in [0.25, 0.3) is 16.9 Å².